The molecule has 210 valence electrons. The lowest BCUT2D eigenvalue weighted by Gasteiger charge is -2.32. The van der Waals surface area contributed by atoms with Gasteiger partial charge in [0.15, 0.2) is 0 Å². The summed E-state index contributed by atoms with van der Waals surface area (Å²) in [6, 6.07) is 21.8. The maximum atomic E-state index is 13.7. The van der Waals surface area contributed by atoms with E-state index >= 15 is 0 Å². The van der Waals surface area contributed by atoms with E-state index in [1.165, 1.54) is 17.0 Å². The number of carbonyl (C=O) groups excluding carboxylic acids is 3. The first-order valence-electron chi connectivity index (χ1n) is 13.2. The fourth-order valence-corrected chi connectivity index (χ4v) is 6.54. The Kier molecular flexibility index (Phi) is 9.60. The maximum absolute atomic E-state index is 13.7. The third-order valence-corrected chi connectivity index (χ3v) is 8.80. The van der Waals surface area contributed by atoms with Gasteiger partial charge in [0.1, 0.15) is 10.9 Å². The Hall–Kier alpha value is -3.69. The van der Waals surface area contributed by atoms with Crippen molar-refractivity contribution in [2.45, 2.75) is 50.1 Å². The van der Waals surface area contributed by atoms with E-state index in [4.69, 9.17) is 11.6 Å². The Morgan fingerprint density at radius 2 is 1.68 bits per heavy atom. The van der Waals surface area contributed by atoms with E-state index in [-0.39, 0.29) is 48.2 Å². The summed E-state index contributed by atoms with van der Waals surface area (Å²) in [6.45, 7) is 2.42. The van der Waals surface area contributed by atoms with Crippen molar-refractivity contribution in [3.8, 4) is 0 Å². The summed E-state index contributed by atoms with van der Waals surface area (Å²) in [5.74, 6) is -1.19. The first-order valence-corrected chi connectivity index (χ1v) is 15.1. The molecule has 0 unspecified atom stereocenters. The van der Waals surface area contributed by atoms with Crippen molar-refractivity contribution in [1.82, 2.24) is 14.5 Å². The molecular formula is C30H32ClN3O5S. The molecule has 0 bridgehead atoms. The lowest BCUT2D eigenvalue weighted by molar-refractivity contribution is -0.141. The molecule has 1 N–H and O–H groups in total. The Morgan fingerprint density at radius 3 is 2.38 bits per heavy atom. The van der Waals surface area contributed by atoms with Crippen LogP contribution in [0, 0.1) is 0 Å². The number of hydrogen-bond acceptors (Lipinski definition) is 5. The molecule has 1 atom stereocenters. The van der Waals surface area contributed by atoms with Gasteiger partial charge in [0.25, 0.3) is 15.9 Å². The summed E-state index contributed by atoms with van der Waals surface area (Å²) in [6.07, 6.45) is 1.10. The minimum atomic E-state index is -3.97. The molecule has 40 heavy (non-hydrogen) atoms. The molecule has 1 aliphatic heterocycles. The number of rotatable bonds is 12. The molecule has 0 radical (unpaired) electrons. The molecule has 10 heteroatoms. The number of fused-ring (bicyclic) bond motifs is 1. The van der Waals surface area contributed by atoms with Gasteiger partial charge in [-0.3, -0.25) is 14.4 Å². The van der Waals surface area contributed by atoms with Gasteiger partial charge < -0.3 is 10.2 Å². The number of benzene rings is 3. The number of nitrogens with zero attached hydrogens (tertiary/aromatic N) is 2. The van der Waals surface area contributed by atoms with Crippen LogP contribution in [0.3, 0.4) is 0 Å². The number of amides is 3. The summed E-state index contributed by atoms with van der Waals surface area (Å²) in [5, 5.41) is 3.43. The standard InChI is InChI=1S/C30H32ClN3O5S/c1-2-17-32-29(36)26(20-22-10-4-3-5-11-22)33(21-23-12-8-13-24(31)19-23)28(35)16-9-18-34-30(37)25-14-6-7-15-27(25)40(34,38)39/h3-8,10-15,19,26H,2,9,16-18,20-21H2,1H3,(H,32,36)/t26-/m0/s1. The van der Waals surface area contributed by atoms with Crippen LogP contribution in [-0.2, 0) is 32.6 Å². The molecule has 0 saturated heterocycles. The minimum absolute atomic E-state index is 0.0237. The minimum Gasteiger partial charge on any atom is -0.354 e. The highest BCUT2D eigenvalue weighted by molar-refractivity contribution is 7.90. The zero-order valence-electron chi connectivity index (χ0n) is 22.3. The number of hydrogen-bond donors (Lipinski definition) is 1. The SMILES string of the molecule is CCCNC(=O)[C@H](Cc1ccccc1)N(Cc1cccc(Cl)c1)C(=O)CCCN1C(=O)c2ccccc2S1(=O)=O. The highest BCUT2D eigenvalue weighted by Gasteiger charge is 2.40. The smallest absolute Gasteiger partial charge is 0.269 e. The Morgan fingerprint density at radius 1 is 0.975 bits per heavy atom. The van der Waals surface area contributed by atoms with E-state index in [2.05, 4.69) is 5.32 Å². The predicted molar refractivity (Wildman–Crippen MR) is 153 cm³/mol. The van der Waals surface area contributed by atoms with Gasteiger partial charge in [0.05, 0.1) is 5.56 Å². The van der Waals surface area contributed by atoms with Crippen molar-refractivity contribution in [2.75, 3.05) is 13.1 Å². The van der Waals surface area contributed by atoms with Crippen molar-refractivity contribution in [3.05, 3.63) is 101 Å². The van der Waals surface area contributed by atoms with E-state index in [0.29, 0.717) is 18.0 Å². The second kappa shape index (κ2) is 13.1. The van der Waals surface area contributed by atoms with Gasteiger partial charge in [-0.05, 0) is 48.2 Å². The van der Waals surface area contributed by atoms with Crippen LogP contribution in [0.1, 0.15) is 47.7 Å². The molecule has 1 heterocycles. The van der Waals surface area contributed by atoms with Crippen LogP contribution >= 0.6 is 11.6 Å². The van der Waals surface area contributed by atoms with E-state index < -0.39 is 22.0 Å². The lowest BCUT2D eigenvalue weighted by atomic mass is 10.0. The maximum Gasteiger partial charge on any atom is 0.269 e. The largest absolute Gasteiger partial charge is 0.354 e. The molecule has 0 saturated carbocycles. The van der Waals surface area contributed by atoms with Crippen LogP contribution in [0.2, 0.25) is 5.02 Å². The average Bonchev–Trinajstić information content (AvgIpc) is 3.14. The summed E-state index contributed by atoms with van der Waals surface area (Å²) in [4.78, 5) is 41.4. The van der Waals surface area contributed by atoms with E-state index in [9.17, 15) is 22.8 Å². The molecule has 0 aromatic heterocycles. The van der Waals surface area contributed by atoms with Gasteiger partial charge in [-0.25, -0.2) is 12.7 Å². The van der Waals surface area contributed by atoms with Crippen molar-refractivity contribution in [1.29, 1.82) is 0 Å². The number of halogens is 1. The van der Waals surface area contributed by atoms with Gasteiger partial charge in [-0.1, -0.05) is 73.1 Å². The molecular weight excluding hydrogens is 550 g/mol. The van der Waals surface area contributed by atoms with E-state index in [0.717, 1.165) is 21.9 Å². The molecule has 3 amide bonds. The van der Waals surface area contributed by atoms with Crippen LogP contribution in [-0.4, -0.2) is 54.5 Å². The zero-order chi connectivity index (χ0) is 28.7. The molecule has 1 aliphatic rings. The second-order valence-corrected chi connectivity index (χ2v) is 11.9. The summed E-state index contributed by atoms with van der Waals surface area (Å²) >= 11 is 6.21. The molecule has 3 aromatic carbocycles. The average molecular weight is 582 g/mol. The third-order valence-electron chi connectivity index (χ3n) is 6.73. The topological polar surface area (TPSA) is 104 Å². The molecule has 8 nitrogen and oxygen atoms in total. The van der Waals surface area contributed by atoms with Crippen molar-refractivity contribution in [3.63, 3.8) is 0 Å². The molecule has 0 spiro atoms. The van der Waals surface area contributed by atoms with Crippen molar-refractivity contribution in [2.24, 2.45) is 0 Å². The Bertz CT molecular complexity index is 1480. The van der Waals surface area contributed by atoms with E-state index in [1.54, 1.807) is 30.3 Å². The van der Waals surface area contributed by atoms with E-state index in [1.807, 2.05) is 43.3 Å². The van der Waals surface area contributed by atoms with Crippen LogP contribution in [0.25, 0.3) is 0 Å². The van der Waals surface area contributed by atoms with Crippen LogP contribution < -0.4 is 5.32 Å². The molecule has 0 fully saturated rings. The van der Waals surface area contributed by atoms with Crippen molar-refractivity contribution >= 4 is 39.3 Å². The lowest BCUT2D eigenvalue weighted by Crippen LogP contribution is -2.50. The second-order valence-electron chi connectivity index (χ2n) is 9.63. The first-order chi connectivity index (χ1) is 19.2. The van der Waals surface area contributed by atoms with Crippen LogP contribution in [0.4, 0.5) is 0 Å². The Balaban J connectivity index is 1.56. The fraction of sp³-hybridized carbons (Fsp3) is 0.300. The molecule has 3 aromatic rings. The summed E-state index contributed by atoms with van der Waals surface area (Å²) in [7, 11) is -3.97. The van der Waals surface area contributed by atoms with Crippen molar-refractivity contribution < 1.29 is 22.8 Å². The predicted octanol–water partition coefficient (Wildman–Crippen LogP) is 4.43. The van der Waals surface area contributed by atoms with Gasteiger partial charge in [-0.15, -0.1) is 0 Å². The number of nitrogens with one attached hydrogen (secondary N) is 1. The Labute approximate surface area is 240 Å². The monoisotopic (exact) mass is 581 g/mol. The zero-order valence-corrected chi connectivity index (χ0v) is 23.8. The third kappa shape index (κ3) is 6.71. The van der Waals surface area contributed by atoms with Gasteiger partial charge in [0.2, 0.25) is 11.8 Å². The highest BCUT2D eigenvalue weighted by atomic mass is 35.5. The highest BCUT2D eigenvalue weighted by Crippen LogP contribution is 2.30. The number of sulfonamides is 1. The van der Waals surface area contributed by atoms with Gasteiger partial charge >= 0.3 is 0 Å². The molecule has 4 rings (SSSR count). The van der Waals surface area contributed by atoms with Crippen LogP contribution in [0.15, 0.2) is 83.8 Å². The fourth-order valence-electron chi connectivity index (χ4n) is 4.72. The van der Waals surface area contributed by atoms with Gasteiger partial charge in [-0.2, -0.15) is 0 Å². The molecule has 0 aliphatic carbocycles. The first kappa shape index (κ1) is 29.3. The quantitative estimate of drug-likeness (QED) is 0.341. The summed E-state index contributed by atoms with van der Waals surface area (Å²) in [5.41, 5.74) is 1.79. The van der Waals surface area contributed by atoms with Gasteiger partial charge in [0, 0.05) is 37.5 Å². The van der Waals surface area contributed by atoms with Crippen LogP contribution in [0.5, 0.6) is 0 Å². The number of carbonyl (C=O) groups is 3. The summed E-state index contributed by atoms with van der Waals surface area (Å²) < 4.78 is 26.7. The normalized spacial score (nSPS) is 14.4.